The van der Waals surface area contributed by atoms with E-state index in [4.69, 9.17) is 7.85 Å². The first-order chi connectivity index (χ1) is 51.7. The molecule has 12 aromatic carbocycles. The van der Waals surface area contributed by atoms with Gasteiger partial charge in [0.2, 0.25) is 0 Å². The van der Waals surface area contributed by atoms with E-state index in [1.807, 2.05) is 226 Å². The third-order valence-corrected chi connectivity index (χ3v) is 17.4. The summed E-state index contributed by atoms with van der Waals surface area (Å²) in [7, 11) is 5.09. The first-order valence-corrected chi connectivity index (χ1v) is 34.0. The third-order valence-electron chi connectivity index (χ3n) is 16.9. The van der Waals surface area contributed by atoms with Gasteiger partial charge >= 0.3 is 12.4 Å². The molecule has 0 saturated heterocycles. The number of rotatable bonds is 9. The Morgan fingerprint density at radius 3 is 1.01 bits per heavy atom. The van der Waals surface area contributed by atoms with Crippen molar-refractivity contribution in [2.75, 3.05) is 39.2 Å². The molecule has 0 amide bonds. The Morgan fingerprint density at radius 2 is 0.627 bits per heavy atom. The van der Waals surface area contributed by atoms with Gasteiger partial charge in [0.05, 0.1) is 5.56 Å². The smallest absolute Gasteiger partial charge is 0.416 e. The molecule has 556 valence electrons. The van der Waals surface area contributed by atoms with Crippen LogP contribution in [0.1, 0.15) is 11.1 Å². The number of alkyl halides is 6. The fraction of sp³-hybridized carbons (Fsp3) is 0.0233. The maximum Gasteiger partial charge on any atom is 0.416 e. The number of hydrogen-bond donors (Lipinski definition) is 0. The molecule has 4 N–H and O–H groups in total. The van der Waals surface area contributed by atoms with Crippen LogP contribution < -0.4 is 44.7 Å². The summed E-state index contributed by atoms with van der Waals surface area (Å²) in [5, 5.41) is 0. The molecule has 0 aliphatic carbocycles. The minimum atomic E-state index is -4.42. The van der Waals surface area contributed by atoms with Crippen molar-refractivity contribution in [3.63, 3.8) is 0 Å². The van der Waals surface area contributed by atoms with E-state index in [0.717, 1.165) is 96.8 Å². The molecule has 0 saturated carbocycles. The molecule has 4 aliphatic heterocycles. The van der Waals surface area contributed by atoms with Crippen molar-refractivity contribution >= 4 is 121 Å². The summed E-state index contributed by atoms with van der Waals surface area (Å²) in [6, 6.07) is 107. The Kier molecular flexibility index (Phi) is 27.3. The molecule has 4 aliphatic rings. The number of para-hydroxylation sites is 10. The van der Waals surface area contributed by atoms with Gasteiger partial charge in [-0.05, 0) is 84.4 Å². The normalized spacial score (nSPS) is 12.7. The van der Waals surface area contributed by atoms with Gasteiger partial charge in [0.1, 0.15) is 31.1 Å². The molecule has 0 spiro atoms. The van der Waals surface area contributed by atoms with Crippen LogP contribution in [-0.4, -0.2) is 38.7 Å². The molecule has 14 nitrogen and oxygen atoms in total. The molecule has 0 unspecified atom stereocenters. The van der Waals surface area contributed by atoms with Crippen LogP contribution in [0.2, 0.25) is 0 Å². The third kappa shape index (κ3) is 18.5. The maximum absolute atomic E-state index is 13.5. The number of hydrogen-bond acceptors (Lipinski definition) is 12. The Labute approximate surface area is 670 Å². The Morgan fingerprint density at radius 1 is 0.309 bits per heavy atom. The van der Waals surface area contributed by atoms with Crippen LogP contribution in [-0.2, 0) is 52.6 Å². The van der Waals surface area contributed by atoms with Gasteiger partial charge in [-0.15, -0.1) is 67.1 Å². The summed E-state index contributed by atoms with van der Waals surface area (Å²) in [5.74, 6) is 3.26. The molecule has 2 aromatic heterocycles. The van der Waals surface area contributed by atoms with Crippen LogP contribution in [0.4, 0.5) is 118 Å². The van der Waals surface area contributed by atoms with Crippen LogP contribution in [0.5, 0.6) is 0 Å². The monoisotopic (exact) mass is 1880 g/mol. The van der Waals surface area contributed by atoms with Crippen LogP contribution in [0.25, 0.3) is 11.1 Å². The van der Waals surface area contributed by atoms with Gasteiger partial charge in [-0.1, -0.05) is 165 Å². The number of fused-ring (bicyclic) bond motifs is 4. The van der Waals surface area contributed by atoms with Crippen molar-refractivity contribution in [2.24, 2.45) is 0 Å². The first-order valence-electron chi connectivity index (χ1n) is 33.2. The predicted octanol–water partition coefficient (Wildman–Crippen LogP) is 20.5. The number of aromatic nitrogens is 4. The second kappa shape index (κ2) is 37.1. The molecular formula is C86H62BBrF6Ir2N12O2-8. The zero-order valence-corrected chi connectivity index (χ0v) is 64.1. The summed E-state index contributed by atoms with van der Waals surface area (Å²) < 4.78 is 77.6. The average Bonchev–Trinajstić information content (AvgIpc) is 1.63. The minimum absolute atomic E-state index is 0. The SMILES string of the molecule is Brc1cc[c-]c(N2[CH-]N(c3ccccc3)c3ccccc32)c1.FC(F)(F)c1ccccc1-c1cc[c-]c(N2[CH-]N(c3ccccc3)c3ccccc32)c1.O.O.[B]c1ccccc1C(F)(F)F.[Ir].[Ir].[c-]1ccccc1N1[CH-]N(c2ccccc2)c2nccnc21.[c-]1ccccc1N1[CH-]N(c2ccccc2)c2nccnc21. The Hall–Kier alpha value is -11.5. The summed E-state index contributed by atoms with van der Waals surface area (Å²) in [4.78, 5) is 34.3. The van der Waals surface area contributed by atoms with Crippen molar-refractivity contribution in [2.45, 2.75) is 12.4 Å². The molecule has 6 heterocycles. The summed E-state index contributed by atoms with van der Waals surface area (Å²) in [5.41, 5.74) is 11.0. The molecule has 14 aromatic rings. The van der Waals surface area contributed by atoms with Gasteiger partial charge in [-0.3, -0.25) is 0 Å². The predicted molar refractivity (Wildman–Crippen MR) is 420 cm³/mol. The van der Waals surface area contributed by atoms with E-state index in [-0.39, 0.29) is 62.2 Å². The molecule has 0 fully saturated rings. The van der Waals surface area contributed by atoms with Crippen LogP contribution >= 0.6 is 15.9 Å². The van der Waals surface area contributed by atoms with Gasteiger partial charge in [-0.2, -0.15) is 123 Å². The van der Waals surface area contributed by atoms with Crippen molar-refractivity contribution < 1.29 is 77.5 Å². The fourth-order valence-corrected chi connectivity index (χ4v) is 12.4. The fourth-order valence-electron chi connectivity index (χ4n) is 12.0. The van der Waals surface area contributed by atoms with Crippen LogP contribution in [0.15, 0.2) is 333 Å². The molecule has 4 radical (unpaired) electrons. The summed E-state index contributed by atoms with van der Waals surface area (Å²) >= 11 is 3.54. The van der Waals surface area contributed by atoms with Gasteiger partial charge in [0.25, 0.3) is 0 Å². The average molecular weight is 1880 g/mol. The molecule has 110 heavy (non-hydrogen) atoms. The minimum Gasteiger partial charge on any atom is -0.493 e. The second-order valence-corrected chi connectivity index (χ2v) is 24.5. The number of nitrogens with zero attached hydrogens (tertiary/aromatic N) is 12. The maximum atomic E-state index is 13.5. The summed E-state index contributed by atoms with van der Waals surface area (Å²) in [6.07, 6.45) is -1.94. The van der Waals surface area contributed by atoms with Gasteiger partial charge in [0, 0.05) is 116 Å². The van der Waals surface area contributed by atoms with Crippen LogP contribution in [0.3, 0.4) is 0 Å². The van der Waals surface area contributed by atoms with E-state index in [2.05, 4.69) is 136 Å². The molecular weight excluding hydrogens is 1820 g/mol. The van der Waals surface area contributed by atoms with E-state index in [1.165, 1.54) is 36.0 Å². The Balaban J connectivity index is 0.000000149. The number of halogens is 7. The van der Waals surface area contributed by atoms with Gasteiger partial charge < -0.3 is 50.2 Å². The zero-order chi connectivity index (χ0) is 73.0. The number of anilines is 16. The van der Waals surface area contributed by atoms with Crippen LogP contribution in [0, 0.1) is 50.9 Å². The van der Waals surface area contributed by atoms with Crippen molar-refractivity contribution in [3.05, 3.63) is 395 Å². The van der Waals surface area contributed by atoms with Crippen molar-refractivity contribution in [3.8, 4) is 11.1 Å². The molecule has 0 atom stereocenters. The first kappa shape index (κ1) is 81.1. The number of benzene rings is 12. The van der Waals surface area contributed by atoms with E-state index >= 15 is 0 Å². The van der Waals surface area contributed by atoms with E-state index in [0.29, 0.717) is 11.3 Å². The standard InChI is InChI=1S/C26H17F3N2.C19H13BrN2.2C17H12N4.C7H4BF3.2Ir.2H2O/c27-26(28,29)23-14-5-4-13-22(23)19-9-8-12-21(17-19)31-18-30(20-10-2-1-3-11-20)24-15-6-7-16-25(24)31;20-15-7-6-10-17(13-15)22-14-21(16-8-2-1-3-9-16)18-11-4-5-12-19(18)22;2*1-3-7-14(8-4-1)20-13-21(15-9-5-2-6-10-15)17-16(20)18-11-12-19-17;8-6-4-2-1-3-5(6)7(9,10)11;;;;/h1-11,13-18H;1-9,11-14H;2*1-9,11-13H;1-4H;;;2*1H2/q4*-2;;;;;. The van der Waals surface area contributed by atoms with E-state index in [9.17, 15) is 26.3 Å². The van der Waals surface area contributed by atoms with Gasteiger partial charge in [-0.25, -0.2) is 19.9 Å². The zero-order valence-electron chi connectivity index (χ0n) is 57.7. The largest absolute Gasteiger partial charge is 0.493 e. The summed E-state index contributed by atoms with van der Waals surface area (Å²) in [6.45, 7) is 8.03. The second-order valence-electron chi connectivity index (χ2n) is 23.6. The molecule has 0 bridgehead atoms. The van der Waals surface area contributed by atoms with E-state index in [1.54, 1.807) is 49.1 Å². The molecule has 24 heteroatoms. The molecule has 18 rings (SSSR count). The van der Waals surface area contributed by atoms with Crippen molar-refractivity contribution in [1.82, 2.24) is 19.9 Å². The van der Waals surface area contributed by atoms with Crippen molar-refractivity contribution in [1.29, 1.82) is 0 Å². The topological polar surface area (TPSA) is 140 Å². The van der Waals surface area contributed by atoms with Gasteiger partial charge in [0.15, 0.2) is 0 Å². The quantitative estimate of drug-likeness (QED) is 0.0772. The van der Waals surface area contributed by atoms with E-state index < -0.39 is 23.5 Å². The Bertz CT molecular complexity index is 5000.